The topological polar surface area (TPSA) is 9.86 Å². The van der Waals surface area contributed by atoms with E-state index in [1.807, 2.05) is 0 Å². The molecular formula is C54H68B34N2S. The van der Waals surface area contributed by atoms with Crippen LogP contribution in [0.2, 0.25) is 0 Å². The quantitative estimate of drug-likeness (QED) is 0.152. The van der Waals surface area contributed by atoms with Gasteiger partial charge in [-0.25, -0.2) is 0 Å². The number of benzene rings is 9. The summed E-state index contributed by atoms with van der Waals surface area (Å²) in [5, 5.41) is 8.40. The Hall–Kier alpha value is -4.99. The maximum absolute atomic E-state index is 2.86. The third-order valence-electron chi connectivity index (χ3n) is 26.1. The summed E-state index contributed by atoms with van der Waals surface area (Å²) in [6.07, 6.45) is 0. The molecule has 0 atom stereocenters. The molecule has 0 saturated carbocycles. The van der Waals surface area contributed by atoms with E-state index in [1.54, 1.807) is 0 Å². The summed E-state index contributed by atoms with van der Waals surface area (Å²) in [6, 6.07) is 0. The second kappa shape index (κ2) is 22.3. The highest BCUT2D eigenvalue weighted by molar-refractivity contribution is 7.28. The van der Waals surface area contributed by atoms with Crippen molar-refractivity contribution < 1.29 is 0 Å². The number of rotatable bonds is 5. The lowest BCUT2D eigenvalue weighted by atomic mass is 9.55. The molecule has 91 heavy (non-hydrogen) atoms. The Labute approximate surface area is 576 Å². The largest absolute Gasteiger partial charge is 0.312 e. The molecule has 0 N–H and O–H groups in total. The van der Waals surface area contributed by atoms with Crippen LogP contribution in [0.3, 0.4) is 0 Å². The van der Waals surface area contributed by atoms with Gasteiger partial charge in [-0.05, 0) is 60.3 Å². The highest BCUT2D eigenvalue weighted by Crippen LogP contribution is 2.40. The van der Waals surface area contributed by atoms with Gasteiger partial charge < -0.3 is 9.13 Å². The number of hydrogen-bond donors (Lipinski definition) is 0. The normalized spacial score (nSPS) is 11.9. The molecule has 0 aliphatic carbocycles. The van der Waals surface area contributed by atoms with Gasteiger partial charge in [-0.1, -0.05) is 137 Å². The molecule has 0 radical (unpaired) electrons. The van der Waals surface area contributed by atoms with E-state index in [9.17, 15) is 0 Å². The van der Waals surface area contributed by atoms with Crippen LogP contribution in [0.15, 0.2) is 0 Å². The highest BCUT2D eigenvalue weighted by atomic mass is 32.1. The van der Waals surface area contributed by atoms with Gasteiger partial charge in [-0.15, -0.1) is 60.5 Å². The molecule has 0 aliphatic heterocycles. The number of hydrogen-bond acceptors (Lipinski definition) is 1. The van der Waals surface area contributed by atoms with E-state index in [2.05, 4.69) is 287 Å². The monoisotopic (exact) mass is 1150 g/mol. The molecule has 12 aromatic rings. The maximum atomic E-state index is 2.86. The van der Waals surface area contributed by atoms with Crippen molar-refractivity contribution in [2.75, 3.05) is 0 Å². The molecule has 9 aromatic carbocycles. The van der Waals surface area contributed by atoms with Crippen molar-refractivity contribution in [3.63, 3.8) is 0 Å². The fraction of sp³-hybridized carbons (Fsp3) is 0. The van der Waals surface area contributed by atoms with Crippen LogP contribution >= 0.6 is 11.3 Å². The minimum Gasteiger partial charge on any atom is -0.312 e. The summed E-state index contributed by atoms with van der Waals surface area (Å²) in [5.41, 5.74) is 63.2. The van der Waals surface area contributed by atoms with Crippen molar-refractivity contribution in [2.45, 2.75) is 0 Å². The Morgan fingerprint density at radius 2 is 0.385 bits per heavy atom. The minimum absolute atomic E-state index is 1.32. The molecule has 12 rings (SSSR count). The number of nitrogens with zero attached hydrogens (tertiary/aromatic N) is 2. The van der Waals surface area contributed by atoms with Gasteiger partial charge in [0.25, 0.3) is 0 Å². The smallest absolute Gasteiger partial charge is 0.142 e. The van der Waals surface area contributed by atoms with Gasteiger partial charge >= 0.3 is 0 Å². The predicted molar refractivity (Wildman–Crippen MR) is 522 cm³/mol. The Morgan fingerprint density at radius 1 is 0.143 bits per heavy atom. The Balaban J connectivity index is 1.38. The van der Waals surface area contributed by atoms with Crippen molar-refractivity contribution in [1.29, 1.82) is 0 Å². The summed E-state index contributed by atoms with van der Waals surface area (Å²) >= 11 is 2.05. The fourth-order valence-electron chi connectivity index (χ4n) is 18.1. The van der Waals surface area contributed by atoms with Gasteiger partial charge in [-0.3, -0.25) is 0 Å². The molecule has 0 aliphatic rings. The lowest BCUT2D eigenvalue weighted by Gasteiger charge is -2.30. The van der Waals surface area contributed by atoms with Gasteiger partial charge in [0.1, 0.15) is 267 Å². The second-order valence-corrected chi connectivity index (χ2v) is 30.3. The van der Waals surface area contributed by atoms with Crippen LogP contribution in [0.1, 0.15) is 0 Å². The first-order chi connectivity index (χ1) is 42.4. The number of thiophene rings is 1. The Bertz CT molecular complexity index is 5470. The molecule has 37 heteroatoms. The van der Waals surface area contributed by atoms with E-state index in [4.69, 9.17) is 0 Å². The third-order valence-corrected chi connectivity index (χ3v) is 27.4. The summed E-state index contributed by atoms with van der Waals surface area (Å²) < 4.78 is 8.48. The molecule has 0 bridgehead atoms. The van der Waals surface area contributed by atoms with Crippen molar-refractivity contribution >= 4 is 528 Å². The highest BCUT2D eigenvalue weighted by Gasteiger charge is 2.34. The molecule has 0 amide bonds. The van der Waals surface area contributed by atoms with E-state index >= 15 is 0 Å². The van der Waals surface area contributed by atoms with Crippen molar-refractivity contribution in [3.8, 4) is 44.8 Å². The van der Waals surface area contributed by atoms with E-state index in [0.717, 1.165) is 0 Å². The Kier molecular flexibility index (Phi) is 16.2. The third kappa shape index (κ3) is 8.47. The zero-order valence-electron chi connectivity index (χ0n) is 62.3. The molecule has 0 unspecified atom stereocenters. The summed E-state index contributed by atoms with van der Waals surface area (Å²) in [7, 11) is 81.7. The fourth-order valence-corrected chi connectivity index (χ4v) is 19.7. The van der Waals surface area contributed by atoms with Gasteiger partial charge in [0, 0.05) is 42.7 Å². The van der Waals surface area contributed by atoms with Crippen LogP contribution in [-0.4, -0.2) is 276 Å². The summed E-state index contributed by atoms with van der Waals surface area (Å²) in [5.74, 6) is 0. The lowest BCUT2D eigenvalue weighted by Crippen LogP contribution is -2.57. The van der Waals surface area contributed by atoms with Crippen LogP contribution in [0.4, 0.5) is 0 Å². The second-order valence-electron chi connectivity index (χ2n) is 29.3. The van der Waals surface area contributed by atoms with Gasteiger partial charge in [0.15, 0.2) is 0 Å². The SMILES string of the molecule is Bc1c(B)c(B)c(-c2c(B)c(B)c(B)c(-c3c(B)c(-n4c5c(B)c(B)c(B)c(B)c5c5c(B)c(B)c(-c6c(B)c(B)c(B)c7c8c(B)c(B)c(B)c(B)c8n(-c8c(B)c(B)c(B)c(B)c8B)c67)c(B)c54)c(B)c4c3sc3c(B)c(B)c(B)c(B)c34)c2B)c(B)c1B. The van der Waals surface area contributed by atoms with E-state index in [0.29, 0.717) is 0 Å². The standard InChI is InChI=1S/C54H68B34N2S/c55-13-1(2-16(58)30(72)35(77)31(73)17(2)59)15(57)28(70)18(60)4(13)10-26(68)51(27(69)12-11-24(66)34(76)41(83)46(88)54(11)91-53(10)12)90-48-8(9-23(65)33(75)38(80)43(85)50(9)90)19(61)14(56)3(25(48)67)5-20(62)29(71)21(63)6-7-22(64)32(74)37(79)42(84)49(7)89(47(5)6)52-44(86)39(81)36(78)40(82)45(52)87/h55-88H2. The minimum atomic E-state index is 1.32. The van der Waals surface area contributed by atoms with Crippen LogP contribution < -0.4 is 186 Å². The Morgan fingerprint density at radius 3 is 0.835 bits per heavy atom. The maximum Gasteiger partial charge on any atom is 0.142 e. The molecule has 0 saturated heterocycles. The molecule has 0 spiro atoms. The van der Waals surface area contributed by atoms with Crippen LogP contribution in [0, 0.1) is 0 Å². The van der Waals surface area contributed by atoms with E-state index in [1.165, 1.54) is 294 Å². The van der Waals surface area contributed by atoms with E-state index in [-0.39, 0.29) is 0 Å². The first kappa shape index (κ1) is 66.0. The van der Waals surface area contributed by atoms with Crippen molar-refractivity contribution in [1.82, 2.24) is 9.13 Å². The molecular weight excluding hydrogens is 1080 g/mol. The number of aromatic nitrogens is 2. The summed E-state index contributed by atoms with van der Waals surface area (Å²) in [4.78, 5) is 0. The zero-order chi connectivity index (χ0) is 67.0. The number of fused-ring (bicyclic) bond motifs is 9. The van der Waals surface area contributed by atoms with Gasteiger partial charge in [0.05, 0.1) is 5.52 Å². The van der Waals surface area contributed by atoms with Crippen molar-refractivity contribution in [3.05, 3.63) is 0 Å². The van der Waals surface area contributed by atoms with Crippen LogP contribution in [-0.2, 0) is 0 Å². The van der Waals surface area contributed by atoms with Crippen LogP contribution in [0.5, 0.6) is 0 Å². The molecule has 3 aromatic heterocycles. The lowest BCUT2D eigenvalue weighted by molar-refractivity contribution is 1.22. The average Bonchev–Trinajstić information content (AvgIpc) is 1.55. The first-order valence-corrected chi connectivity index (χ1v) is 34.6. The molecule has 3 heterocycles. The predicted octanol–water partition coefficient (Wildman–Crippen LogP) is -44.0. The van der Waals surface area contributed by atoms with Crippen molar-refractivity contribution in [2.24, 2.45) is 0 Å². The molecule has 0 fully saturated rings. The van der Waals surface area contributed by atoms with Gasteiger partial charge in [0.2, 0.25) is 0 Å². The van der Waals surface area contributed by atoms with Crippen LogP contribution in [0.25, 0.3) is 109 Å². The molecule has 2 nitrogen and oxygen atoms in total. The summed E-state index contributed by atoms with van der Waals surface area (Å²) in [6.45, 7) is 0. The zero-order valence-corrected chi connectivity index (χ0v) is 63.1. The van der Waals surface area contributed by atoms with E-state index < -0.39 is 0 Å². The van der Waals surface area contributed by atoms with Gasteiger partial charge in [-0.2, -0.15) is 0 Å². The first-order valence-electron chi connectivity index (χ1n) is 33.7. The average molecular weight is 1140 g/mol. The molecule has 402 valence electrons.